The van der Waals surface area contributed by atoms with E-state index >= 15 is 0 Å². The van der Waals surface area contributed by atoms with Crippen molar-refractivity contribution in [2.45, 2.75) is 12.7 Å². The van der Waals surface area contributed by atoms with Gasteiger partial charge in [-0.2, -0.15) is 13.2 Å². The van der Waals surface area contributed by atoms with E-state index in [2.05, 4.69) is 11.8 Å². The average Bonchev–Trinajstić information content (AvgIpc) is 2.35. The molecule has 1 aromatic rings. The Morgan fingerprint density at radius 3 is 2.55 bits per heavy atom. The molecular formula is C14H16F3NO2. The predicted octanol–water partition coefficient (Wildman–Crippen LogP) is 1.39. The van der Waals surface area contributed by atoms with Crippen LogP contribution >= 0.6 is 0 Å². The minimum absolute atomic E-state index is 0.0495. The summed E-state index contributed by atoms with van der Waals surface area (Å²) >= 11 is 0. The number of rotatable bonds is 5. The van der Waals surface area contributed by atoms with Crippen LogP contribution in [0.15, 0.2) is 24.3 Å². The number of halogens is 3. The molecule has 0 bridgehead atoms. The van der Waals surface area contributed by atoms with Crippen LogP contribution in [0.3, 0.4) is 0 Å². The number of aliphatic hydroxyl groups is 2. The number of alkyl halides is 3. The normalized spacial score (nSPS) is 11.3. The zero-order valence-corrected chi connectivity index (χ0v) is 10.8. The lowest BCUT2D eigenvalue weighted by molar-refractivity contribution is -0.147. The zero-order valence-electron chi connectivity index (χ0n) is 10.8. The van der Waals surface area contributed by atoms with E-state index in [-0.39, 0.29) is 26.3 Å². The van der Waals surface area contributed by atoms with Crippen LogP contribution in [0.1, 0.15) is 11.1 Å². The maximum atomic E-state index is 12.4. The van der Waals surface area contributed by atoms with Crippen molar-refractivity contribution >= 4 is 0 Å². The lowest BCUT2D eigenvalue weighted by atomic mass is 10.1. The van der Waals surface area contributed by atoms with E-state index in [1.807, 2.05) is 0 Å². The van der Waals surface area contributed by atoms with Crippen LogP contribution in [0.5, 0.6) is 0 Å². The van der Waals surface area contributed by atoms with Crippen LogP contribution in [-0.4, -0.2) is 47.6 Å². The molecule has 0 heterocycles. The first kappa shape index (κ1) is 16.5. The van der Waals surface area contributed by atoms with Gasteiger partial charge in [-0.3, -0.25) is 4.90 Å². The monoisotopic (exact) mass is 287 g/mol. The van der Waals surface area contributed by atoms with Gasteiger partial charge >= 0.3 is 6.18 Å². The third-order valence-electron chi connectivity index (χ3n) is 2.46. The number of aliphatic hydroxyl groups excluding tert-OH is 2. The van der Waals surface area contributed by atoms with Gasteiger partial charge in [0, 0.05) is 18.7 Å². The fourth-order valence-corrected chi connectivity index (χ4v) is 1.76. The highest BCUT2D eigenvalue weighted by atomic mass is 19.4. The Labute approximate surface area is 115 Å². The standard InChI is InChI=1S/C14H16F3NO2/c15-14(16,17)11-18(6-8-20)10-13-4-1-3-12(9-13)5-2-7-19/h1,3-4,9,19-20H,6-8,10-11H2. The molecule has 0 saturated heterocycles. The van der Waals surface area contributed by atoms with Crippen molar-refractivity contribution in [1.29, 1.82) is 0 Å². The first-order valence-corrected chi connectivity index (χ1v) is 6.03. The van der Waals surface area contributed by atoms with Crippen LogP contribution in [0.25, 0.3) is 0 Å². The van der Waals surface area contributed by atoms with Crippen molar-refractivity contribution in [3.05, 3.63) is 35.4 Å². The molecule has 0 aliphatic carbocycles. The molecule has 0 amide bonds. The molecular weight excluding hydrogens is 271 g/mol. The molecule has 0 atom stereocenters. The minimum Gasteiger partial charge on any atom is -0.395 e. The maximum absolute atomic E-state index is 12.4. The molecule has 6 heteroatoms. The predicted molar refractivity (Wildman–Crippen MR) is 68.8 cm³/mol. The smallest absolute Gasteiger partial charge is 0.395 e. The molecule has 1 aromatic carbocycles. The first-order chi connectivity index (χ1) is 9.44. The van der Waals surface area contributed by atoms with Gasteiger partial charge in [-0.15, -0.1) is 0 Å². The van der Waals surface area contributed by atoms with Crippen molar-refractivity contribution < 1.29 is 23.4 Å². The molecule has 0 unspecified atom stereocenters. The second-order valence-corrected chi connectivity index (χ2v) is 4.21. The lowest BCUT2D eigenvalue weighted by Crippen LogP contribution is -2.35. The third kappa shape index (κ3) is 6.57. The van der Waals surface area contributed by atoms with Crippen LogP contribution in [0.2, 0.25) is 0 Å². The summed E-state index contributed by atoms with van der Waals surface area (Å²) in [6.45, 7) is -1.64. The summed E-state index contributed by atoms with van der Waals surface area (Å²) in [5, 5.41) is 17.4. The summed E-state index contributed by atoms with van der Waals surface area (Å²) in [6, 6.07) is 6.78. The SMILES string of the molecule is OCC#Cc1cccc(CN(CCO)CC(F)(F)F)c1. The largest absolute Gasteiger partial charge is 0.401 e. The molecule has 0 aliphatic heterocycles. The van der Waals surface area contributed by atoms with Gasteiger partial charge in [-0.25, -0.2) is 0 Å². The van der Waals surface area contributed by atoms with Crippen molar-refractivity contribution in [2.24, 2.45) is 0 Å². The molecule has 0 radical (unpaired) electrons. The molecule has 0 aromatic heterocycles. The summed E-state index contributed by atoms with van der Waals surface area (Å²) in [7, 11) is 0. The Morgan fingerprint density at radius 2 is 1.95 bits per heavy atom. The number of hydrogen-bond donors (Lipinski definition) is 2. The van der Waals surface area contributed by atoms with Gasteiger partial charge in [0.15, 0.2) is 0 Å². The fourth-order valence-electron chi connectivity index (χ4n) is 1.76. The highest BCUT2D eigenvalue weighted by Gasteiger charge is 2.30. The highest BCUT2D eigenvalue weighted by Crippen LogP contribution is 2.18. The highest BCUT2D eigenvalue weighted by molar-refractivity contribution is 5.37. The summed E-state index contributed by atoms with van der Waals surface area (Å²) in [4.78, 5) is 1.12. The van der Waals surface area contributed by atoms with E-state index in [1.54, 1.807) is 24.3 Å². The third-order valence-corrected chi connectivity index (χ3v) is 2.46. The van der Waals surface area contributed by atoms with Gasteiger partial charge in [0.25, 0.3) is 0 Å². The average molecular weight is 287 g/mol. The molecule has 0 saturated carbocycles. The maximum Gasteiger partial charge on any atom is 0.401 e. The Hall–Kier alpha value is -1.55. The molecule has 0 spiro atoms. The van der Waals surface area contributed by atoms with Crippen molar-refractivity contribution in [3.8, 4) is 11.8 Å². The van der Waals surface area contributed by atoms with Crippen molar-refractivity contribution in [2.75, 3.05) is 26.3 Å². The van der Waals surface area contributed by atoms with E-state index < -0.39 is 12.7 Å². The first-order valence-electron chi connectivity index (χ1n) is 6.03. The van der Waals surface area contributed by atoms with E-state index in [9.17, 15) is 13.2 Å². The van der Waals surface area contributed by atoms with Crippen molar-refractivity contribution in [1.82, 2.24) is 4.90 Å². The second kappa shape index (κ2) is 7.90. The molecule has 1 rings (SSSR count). The van der Waals surface area contributed by atoms with Crippen molar-refractivity contribution in [3.63, 3.8) is 0 Å². The Kier molecular flexibility index (Phi) is 6.52. The fraction of sp³-hybridized carbons (Fsp3) is 0.429. The van der Waals surface area contributed by atoms with Crippen LogP contribution in [0, 0.1) is 11.8 Å². The molecule has 0 aliphatic rings. The van der Waals surface area contributed by atoms with E-state index in [0.717, 1.165) is 4.90 Å². The van der Waals surface area contributed by atoms with E-state index in [4.69, 9.17) is 10.2 Å². The molecule has 20 heavy (non-hydrogen) atoms. The Morgan fingerprint density at radius 1 is 1.20 bits per heavy atom. The number of hydrogen-bond acceptors (Lipinski definition) is 3. The van der Waals surface area contributed by atoms with Gasteiger partial charge < -0.3 is 10.2 Å². The van der Waals surface area contributed by atoms with Gasteiger partial charge in [-0.1, -0.05) is 24.0 Å². The zero-order chi connectivity index (χ0) is 15.0. The van der Waals surface area contributed by atoms with E-state index in [0.29, 0.717) is 11.1 Å². The quantitative estimate of drug-likeness (QED) is 0.804. The Balaban J connectivity index is 2.77. The van der Waals surface area contributed by atoms with Gasteiger partial charge in [0.05, 0.1) is 13.2 Å². The molecule has 2 N–H and O–H groups in total. The second-order valence-electron chi connectivity index (χ2n) is 4.21. The van der Waals surface area contributed by atoms with Crippen LogP contribution < -0.4 is 0 Å². The molecule has 110 valence electrons. The summed E-state index contributed by atoms with van der Waals surface area (Å²) < 4.78 is 37.2. The lowest BCUT2D eigenvalue weighted by Gasteiger charge is -2.22. The summed E-state index contributed by atoms with van der Waals surface area (Å²) in [5.41, 5.74) is 1.31. The van der Waals surface area contributed by atoms with Gasteiger partial charge in [0.1, 0.15) is 6.61 Å². The van der Waals surface area contributed by atoms with Gasteiger partial charge in [-0.05, 0) is 17.7 Å². The molecule has 0 fully saturated rings. The number of benzene rings is 1. The minimum atomic E-state index is -4.30. The Bertz CT molecular complexity index is 477. The summed E-state index contributed by atoms with van der Waals surface area (Å²) in [6.07, 6.45) is -4.30. The topological polar surface area (TPSA) is 43.7 Å². The van der Waals surface area contributed by atoms with E-state index in [1.165, 1.54) is 0 Å². The summed E-state index contributed by atoms with van der Waals surface area (Å²) in [5.74, 6) is 5.18. The van der Waals surface area contributed by atoms with Gasteiger partial charge in [0.2, 0.25) is 0 Å². The number of nitrogens with zero attached hydrogens (tertiary/aromatic N) is 1. The van der Waals surface area contributed by atoms with Crippen LogP contribution in [-0.2, 0) is 6.54 Å². The van der Waals surface area contributed by atoms with Crippen LogP contribution in [0.4, 0.5) is 13.2 Å². The molecule has 3 nitrogen and oxygen atoms in total.